The molecule has 0 spiro atoms. The smallest absolute Gasteiger partial charge is 0.0867 e. The van der Waals surface area contributed by atoms with Crippen molar-refractivity contribution < 1.29 is 9.47 Å². The van der Waals surface area contributed by atoms with Gasteiger partial charge in [-0.3, -0.25) is 5.01 Å². The van der Waals surface area contributed by atoms with Gasteiger partial charge in [-0.25, -0.2) is 0 Å². The molecule has 7 heteroatoms. The monoisotopic (exact) mass is 357 g/mol. The van der Waals surface area contributed by atoms with Crippen LogP contribution in [-0.2, 0) is 9.47 Å². The Bertz CT molecular complexity index is 365. The molecule has 1 aliphatic rings. The quantitative estimate of drug-likeness (QED) is 0.439. The van der Waals surface area contributed by atoms with E-state index in [2.05, 4.69) is 60.6 Å². The molecule has 0 aromatic carbocycles. The summed E-state index contributed by atoms with van der Waals surface area (Å²) >= 11 is 0. The van der Waals surface area contributed by atoms with Crippen molar-refractivity contribution in [2.45, 2.75) is 52.6 Å². The maximum absolute atomic E-state index is 5.67. The van der Waals surface area contributed by atoms with Gasteiger partial charge in [0.2, 0.25) is 0 Å². The second kappa shape index (κ2) is 12.6. The fourth-order valence-electron chi connectivity index (χ4n) is 2.61. The van der Waals surface area contributed by atoms with Gasteiger partial charge in [-0.2, -0.15) is 5.11 Å². The molecule has 0 amide bonds. The predicted octanol–water partition coefficient (Wildman–Crippen LogP) is 2.09. The highest BCUT2D eigenvalue weighted by atomic mass is 16.5. The Hall–Kier alpha value is -0.760. The average Bonchev–Trinajstić information content (AvgIpc) is 2.89. The summed E-state index contributed by atoms with van der Waals surface area (Å²) in [5, 5.41) is 17.4. The third kappa shape index (κ3) is 10.1. The van der Waals surface area contributed by atoms with E-state index < -0.39 is 0 Å². The van der Waals surface area contributed by atoms with Crippen molar-refractivity contribution in [3.63, 3.8) is 0 Å². The molecule has 0 aliphatic carbocycles. The Morgan fingerprint density at radius 1 is 1.04 bits per heavy atom. The molecule has 1 unspecified atom stereocenters. The summed E-state index contributed by atoms with van der Waals surface area (Å²) in [6.07, 6.45) is 1.03. The van der Waals surface area contributed by atoms with Crippen molar-refractivity contribution in [3.8, 4) is 0 Å². The fourth-order valence-corrected chi connectivity index (χ4v) is 2.61. The Morgan fingerprint density at radius 3 is 2.44 bits per heavy atom. The average molecular weight is 358 g/mol. The van der Waals surface area contributed by atoms with Crippen LogP contribution in [0, 0.1) is 5.92 Å². The standard InChI is InChI=1S/C18H39N5O2/c1-16(2)14-19-8-10-24-12-13-25-11-9-23-18(5,15-21-22-23)6-7-20-17(3)4/h16-17,19-20H,6-15H2,1-5H3. The summed E-state index contributed by atoms with van der Waals surface area (Å²) in [5.74, 6) is 0.679. The van der Waals surface area contributed by atoms with E-state index in [1.807, 2.05) is 0 Å². The topological polar surface area (TPSA) is 70.5 Å². The van der Waals surface area contributed by atoms with E-state index in [4.69, 9.17) is 9.47 Å². The summed E-state index contributed by atoms with van der Waals surface area (Å²) in [5.41, 5.74) is 0.00380. The third-order valence-electron chi connectivity index (χ3n) is 4.22. The SMILES string of the molecule is CC(C)CNCCOCCOCCN1N=NCC1(C)CCNC(C)C. The first-order chi connectivity index (χ1) is 11.9. The highest BCUT2D eigenvalue weighted by molar-refractivity contribution is 4.90. The van der Waals surface area contributed by atoms with Gasteiger partial charge in [0.1, 0.15) is 0 Å². The van der Waals surface area contributed by atoms with Crippen LogP contribution < -0.4 is 10.6 Å². The van der Waals surface area contributed by atoms with Gasteiger partial charge in [-0.15, -0.1) is 0 Å². The van der Waals surface area contributed by atoms with Crippen LogP contribution in [0.4, 0.5) is 0 Å². The molecular formula is C18H39N5O2. The summed E-state index contributed by atoms with van der Waals surface area (Å²) in [7, 11) is 0. The van der Waals surface area contributed by atoms with Crippen LogP contribution in [0.1, 0.15) is 41.0 Å². The Labute approximate surface area is 153 Å². The molecule has 0 aromatic rings. The first-order valence-corrected chi connectivity index (χ1v) is 9.68. The van der Waals surface area contributed by atoms with Crippen molar-refractivity contribution in [2.24, 2.45) is 16.3 Å². The lowest BCUT2D eigenvalue weighted by Crippen LogP contribution is -2.46. The van der Waals surface area contributed by atoms with Crippen molar-refractivity contribution in [1.82, 2.24) is 15.6 Å². The van der Waals surface area contributed by atoms with Crippen LogP contribution in [-0.4, -0.2) is 75.7 Å². The van der Waals surface area contributed by atoms with E-state index in [1.165, 1.54) is 0 Å². The maximum atomic E-state index is 5.67. The van der Waals surface area contributed by atoms with Crippen LogP contribution in [0.15, 0.2) is 10.3 Å². The number of hydrogen-bond acceptors (Lipinski definition) is 7. The lowest BCUT2D eigenvalue weighted by molar-refractivity contribution is 0.0264. The van der Waals surface area contributed by atoms with E-state index in [0.717, 1.165) is 45.8 Å². The number of ether oxygens (including phenoxy) is 2. The van der Waals surface area contributed by atoms with E-state index in [0.29, 0.717) is 31.8 Å². The lowest BCUT2D eigenvalue weighted by Gasteiger charge is -2.33. The Kier molecular flexibility index (Phi) is 11.2. The van der Waals surface area contributed by atoms with Crippen LogP contribution in [0.5, 0.6) is 0 Å². The normalized spacial score (nSPS) is 20.4. The van der Waals surface area contributed by atoms with Crippen molar-refractivity contribution >= 4 is 0 Å². The minimum atomic E-state index is 0.00380. The molecule has 0 radical (unpaired) electrons. The molecule has 0 fully saturated rings. The van der Waals surface area contributed by atoms with E-state index in [1.54, 1.807) is 0 Å². The molecule has 2 N–H and O–H groups in total. The van der Waals surface area contributed by atoms with Gasteiger partial charge in [-0.1, -0.05) is 32.9 Å². The molecule has 1 aliphatic heterocycles. The third-order valence-corrected chi connectivity index (χ3v) is 4.22. The van der Waals surface area contributed by atoms with Crippen LogP contribution in [0.25, 0.3) is 0 Å². The van der Waals surface area contributed by atoms with Crippen LogP contribution in [0.2, 0.25) is 0 Å². The van der Waals surface area contributed by atoms with Crippen molar-refractivity contribution in [3.05, 3.63) is 0 Å². The minimum Gasteiger partial charge on any atom is -0.378 e. The molecule has 0 bridgehead atoms. The molecule has 1 atom stereocenters. The highest BCUT2D eigenvalue weighted by Crippen LogP contribution is 2.25. The molecule has 0 saturated carbocycles. The molecule has 7 nitrogen and oxygen atoms in total. The Morgan fingerprint density at radius 2 is 1.76 bits per heavy atom. The Balaban J connectivity index is 2.02. The summed E-state index contributed by atoms with van der Waals surface area (Å²) in [6, 6.07) is 0.510. The second-order valence-electron chi connectivity index (χ2n) is 7.69. The molecule has 148 valence electrons. The number of nitrogens with one attached hydrogen (secondary N) is 2. The predicted molar refractivity (Wildman–Crippen MR) is 102 cm³/mol. The van der Waals surface area contributed by atoms with Gasteiger partial charge in [-0.05, 0) is 32.4 Å². The maximum Gasteiger partial charge on any atom is 0.0867 e. The first-order valence-electron chi connectivity index (χ1n) is 9.68. The highest BCUT2D eigenvalue weighted by Gasteiger charge is 2.34. The van der Waals surface area contributed by atoms with E-state index in [-0.39, 0.29) is 5.54 Å². The summed E-state index contributed by atoms with van der Waals surface area (Å²) in [4.78, 5) is 0. The van der Waals surface area contributed by atoms with Gasteiger partial charge in [0.05, 0.1) is 45.1 Å². The summed E-state index contributed by atoms with van der Waals surface area (Å²) in [6.45, 7) is 18.1. The van der Waals surface area contributed by atoms with Gasteiger partial charge < -0.3 is 20.1 Å². The van der Waals surface area contributed by atoms with Crippen LogP contribution in [0.3, 0.4) is 0 Å². The molecule has 0 aromatic heterocycles. The number of rotatable bonds is 15. The van der Waals surface area contributed by atoms with Crippen molar-refractivity contribution in [1.29, 1.82) is 0 Å². The number of hydrogen-bond donors (Lipinski definition) is 2. The van der Waals surface area contributed by atoms with Gasteiger partial charge >= 0.3 is 0 Å². The summed E-state index contributed by atoms with van der Waals surface area (Å²) < 4.78 is 11.2. The molecule has 1 heterocycles. The zero-order valence-electron chi connectivity index (χ0n) is 16.9. The van der Waals surface area contributed by atoms with Gasteiger partial charge in [0, 0.05) is 12.6 Å². The van der Waals surface area contributed by atoms with Gasteiger partial charge in [0.15, 0.2) is 0 Å². The van der Waals surface area contributed by atoms with Crippen molar-refractivity contribution in [2.75, 3.05) is 59.2 Å². The lowest BCUT2D eigenvalue weighted by atomic mass is 9.97. The number of nitrogens with zero attached hydrogens (tertiary/aromatic N) is 3. The first kappa shape index (κ1) is 22.3. The van der Waals surface area contributed by atoms with Crippen LogP contribution >= 0.6 is 0 Å². The zero-order chi connectivity index (χ0) is 18.5. The zero-order valence-corrected chi connectivity index (χ0v) is 16.9. The fraction of sp³-hybridized carbons (Fsp3) is 1.00. The van der Waals surface area contributed by atoms with E-state index >= 15 is 0 Å². The minimum absolute atomic E-state index is 0.00380. The molecule has 0 saturated heterocycles. The molecular weight excluding hydrogens is 318 g/mol. The largest absolute Gasteiger partial charge is 0.378 e. The van der Waals surface area contributed by atoms with E-state index in [9.17, 15) is 0 Å². The molecule has 25 heavy (non-hydrogen) atoms. The molecule has 1 rings (SSSR count). The second-order valence-corrected chi connectivity index (χ2v) is 7.69. The van der Waals surface area contributed by atoms with Gasteiger partial charge in [0.25, 0.3) is 0 Å².